The van der Waals surface area contributed by atoms with E-state index in [1.54, 1.807) is 25.1 Å². The summed E-state index contributed by atoms with van der Waals surface area (Å²) in [7, 11) is -0.361. The highest BCUT2D eigenvalue weighted by atomic mass is 32.2. The first-order valence-corrected chi connectivity index (χ1v) is 9.61. The average Bonchev–Trinajstić information content (AvgIpc) is 3.00. The molecule has 1 aliphatic rings. The van der Waals surface area contributed by atoms with Crippen molar-refractivity contribution in [2.75, 3.05) is 32.5 Å². The summed E-state index contributed by atoms with van der Waals surface area (Å²) < 4.78 is 22.7. The summed E-state index contributed by atoms with van der Waals surface area (Å²) in [5, 5.41) is 7.75. The Bertz CT molecular complexity index is 748. The minimum Gasteiger partial charge on any atom is -0.347 e. The minimum absolute atomic E-state index is 0.0542. The van der Waals surface area contributed by atoms with Crippen LogP contribution < -0.4 is 10.5 Å². The summed E-state index contributed by atoms with van der Waals surface area (Å²) in [4.78, 5) is 27.8. The number of primary sulfonamides is 1. The zero-order chi connectivity index (χ0) is 18.6. The Morgan fingerprint density at radius 1 is 1.36 bits per heavy atom. The molecule has 1 aromatic carbocycles. The van der Waals surface area contributed by atoms with E-state index < -0.39 is 10.0 Å². The number of benzene rings is 1. The number of hydrogen-bond donors (Lipinski definition) is 2. The largest absolute Gasteiger partial charge is 0.347 e. The van der Waals surface area contributed by atoms with Crippen LogP contribution in [-0.4, -0.2) is 63.3 Å². The molecule has 9 heteroatoms. The van der Waals surface area contributed by atoms with E-state index in [0.29, 0.717) is 12.2 Å². The van der Waals surface area contributed by atoms with Gasteiger partial charge in [0.05, 0.1) is 10.9 Å². The highest BCUT2D eigenvalue weighted by Gasteiger charge is 2.31. The fraction of sp³-hybridized carbons (Fsp3) is 0.500. The second-order valence-corrected chi connectivity index (χ2v) is 7.86. The van der Waals surface area contributed by atoms with E-state index in [0.717, 1.165) is 19.4 Å². The third kappa shape index (κ3) is 5.25. The number of carbonyl (C=O) groups is 2. The number of likely N-dealkylation sites (N-methyl/N-ethyl adjacent to an activating group) is 1. The fourth-order valence-electron chi connectivity index (χ4n) is 2.89. The molecule has 0 bridgehead atoms. The average molecular weight is 368 g/mol. The molecule has 8 nitrogen and oxygen atoms in total. The Balaban J connectivity index is 1.92. The van der Waals surface area contributed by atoms with Gasteiger partial charge in [0.25, 0.3) is 0 Å². The highest BCUT2D eigenvalue weighted by Crippen LogP contribution is 2.19. The molecule has 25 heavy (non-hydrogen) atoms. The van der Waals surface area contributed by atoms with Gasteiger partial charge < -0.3 is 10.2 Å². The minimum atomic E-state index is -3.81. The van der Waals surface area contributed by atoms with Crippen LogP contribution in [-0.2, 0) is 19.6 Å². The molecule has 2 amide bonds. The molecule has 138 valence electrons. The van der Waals surface area contributed by atoms with Crippen LogP contribution in [0.2, 0.25) is 0 Å². The van der Waals surface area contributed by atoms with Crippen LogP contribution in [0.1, 0.15) is 19.3 Å². The molecule has 3 N–H and O–H groups in total. The lowest BCUT2D eigenvalue weighted by molar-refractivity contribution is -0.133. The number of likely N-dealkylation sites (tertiary alicyclic amines) is 1. The van der Waals surface area contributed by atoms with Crippen molar-refractivity contribution in [3.05, 3.63) is 24.3 Å². The van der Waals surface area contributed by atoms with Crippen LogP contribution >= 0.6 is 0 Å². The lowest BCUT2D eigenvalue weighted by Gasteiger charge is -2.25. The number of sulfonamides is 1. The van der Waals surface area contributed by atoms with Crippen molar-refractivity contribution in [3.8, 4) is 0 Å². The van der Waals surface area contributed by atoms with Gasteiger partial charge in [-0.3, -0.25) is 14.5 Å². The molecular weight excluding hydrogens is 344 g/mol. The maximum Gasteiger partial charge on any atom is 0.239 e. The molecule has 0 aromatic heterocycles. The van der Waals surface area contributed by atoms with E-state index in [2.05, 4.69) is 5.32 Å². The number of hydrogen-bond acceptors (Lipinski definition) is 5. The van der Waals surface area contributed by atoms with E-state index in [9.17, 15) is 18.0 Å². The second-order valence-electron chi connectivity index (χ2n) is 6.30. The van der Waals surface area contributed by atoms with Gasteiger partial charge >= 0.3 is 0 Å². The zero-order valence-electron chi connectivity index (χ0n) is 14.4. The molecule has 1 aliphatic heterocycles. The number of anilines is 1. The van der Waals surface area contributed by atoms with Crippen LogP contribution in [0.5, 0.6) is 0 Å². The topological polar surface area (TPSA) is 113 Å². The smallest absolute Gasteiger partial charge is 0.239 e. The summed E-state index contributed by atoms with van der Waals surface area (Å²) in [6.45, 7) is 1.27. The van der Waals surface area contributed by atoms with Gasteiger partial charge in [-0.1, -0.05) is 6.07 Å². The molecule has 1 heterocycles. The highest BCUT2D eigenvalue weighted by molar-refractivity contribution is 7.89. The summed E-state index contributed by atoms with van der Waals surface area (Å²) in [5.74, 6) is -0.187. The van der Waals surface area contributed by atoms with E-state index in [1.165, 1.54) is 18.2 Å². The molecule has 1 unspecified atom stereocenters. The van der Waals surface area contributed by atoms with Gasteiger partial charge in [0.15, 0.2) is 0 Å². The summed E-state index contributed by atoms with van der Waals surface area (Å²) in [5.41, 5.74) is 0.374. The second kappa shape index (κ2) is 7.94. The lowest BCUT2D eigenvalue weighted by atomic mass is 10.2. The molecule has 0 aliphatic carbocycles. The molecule has 0 saturated carbocycles. The zero-order valence-corrected chi connectivity index (χ0v) is 15.3. The van der Waals surface area contributed by atoms with Crippen molar-refractivity contribution in [3.63, 3.8) is 0 Å². The number of amides is 2. The maximum atomic E-state index is 12.1. The third-order valence-electron chi connectivity index (χ3n) is 4.16. The van der Waals surface area contributed by atoms with Gasteiger partial charge in [0.2, 0.25) is 21.8 Å². The molecule has 1 atom stereocenters. The molecular formula is C16H24N4O4S. The molecule has 1 aromatic rings. The number of nitrogens with two attached hydrogens (primary N) is 1. The van der Waals surface area contributed by atoms with Gasteiger partial charge in [-0.05, 0) is 37.6 Å². The first-order valence-electron chi connectivity index (χ1n) is 8.06. The SMILES string of the molecule is CN(C)C(=O)C1CCCN1CCC(=O)Nc1cccc(S(N)(=O)=O)c1. The fourth-order valence-corrected chi connectivity index (χ4v) is 3.45. The number of nitrogens with zero attached hydrogens (tertiary/aromatic N) is 2. The Hall–Kier alpha value is -1.97. The predicted octanol–water partition coefficient (Wildman–Crippen LogP) is 0.215. The quantitative estimate of drug-likeness (QED) is 0.745. The van der Waals surface area contributed by atoms with Gasteiger partial charge in [0.1, 0.15) is 0 Å². The van der Waals surface area contributed by atoms with Crippen molar-refractivity contribution in [1.82, 2.24) is 9.80 Å². The molecule has 0 radical (unpaired) electrons. The first-order chi connectivity index (χ1) is 11.7. The van der Waals surface area contributed by atoms with Gasteiger partial charge in [0, 0.05) is 32.7 Å². The molecule has 2 rings (SSSR count). The van der Waals surface area contributed by atoms with Gasteiger partial charge in [-0.25, -0.2) is 13.6 Å². The summed E-state index contributed by atoms with van der Waals surface area (Å²) in [6, 6.07) is 5.63. The van der Waals surface area contributed by atoms with Crippen molar-refractivity contribution in [1.29, 1.82) is 0 Å². The molecule has 0 spiro atoms. The standard InChI is InChI=1S/C16H24N4O4S/c1-19(2)16(22)14-7-4-9-20(14)10-8-15(21)18-12-5-3-6-13(11-12)25(17,23)24/h3,5-6,11,14H,4,7-10H2,1-2H3,(H,18,21)(H2,17,23,24). The normalized spacial score (nSPS) is 18.1. The Morgan fingerprint density at radius 3 is 2.72 bits per heavy atom. The van der Waals surface area contributed by atoms with Crippen molar-refractivity contribution in [2.24, 2.45) is 5.14 Å². The van der Waals surface area contributed by atoms with Gasteiger partial charge in [-0.15, -0.1) is 0 Å². The van der Waals surface area contributed by atoms with E-state index in [1.807, 2.05) is 4.90 Å². The monoisotopic (exact) mass is 368 g/mol. The van der Waals surface area contributed by atoms with Crippen LogP contribution in [0.25, 0.3) is 0 Å². The first kappa shape index (κ1) is 19.4. The van der Waals surface area contributed by atoms with Crippen molar-refractivity contribution < 1.29 is 18.0 Å². The number of rotatable bonds is 6. The number of nitrogens with one attached hydrogen (secondary N) is 1. The van der Waals surface area contributed by atoms with Crippen LogP contribution in [0.15, 0.2) is 29.2 Å². The van der Waals surface area contributed by atoms with Crippen molar-refractivity contribution in [2.45, 2.75) is 30.2 Å². The van der Waals surface area contributed by atoms with E-state index >= 15 is 0 Å². The van der Waals surface area contributed by atoms with E-state index in [4.69, 9.17) is 5.14 Å². The van der Waals surface area contributed by atoms with Crippen molar-refractivity contribution >= 4 is 27.5 Å². The molecule has 1 saturated heterocycles. The Labute approximate surface area is 148 Å². The van der Waals surface area contributed by atoms with Crippen LogP contribution in [0.3, 0.4) is 0 Å². The summed E-state index contributed by atoms with van der Waals surface area (Å²) in [6.07, 6.45) is 1.95. The van der Waals surface area contributed by atoms with Crippen LogP contribution in [0, 0.1) is 0 Å². The third-order valence-corrected chi connectivity index (χ3v) is 5.07. The number of carbonyl (C=O) groups excluding carboxylic acids is 2. The predicted molar refractivity (Wildman–Crippen MR) is 94.4 cm³/mol. The summed E-state index contributed by atoms with van der Waals surface area (Å²) >= 11 is 0. The maximum absolute atomic E-state index is 12.1. The Kier molecular flexibility index (Phi) is 6.15. The lowest BCUT2D eigenvalue weighted by Crippen LogP contribution is -2.43. The van der Waals surface area contributed by atoms with Gasteiger partial charge in [-0.2, -0.15) is 0 Å². The van der Waals surface area contributed by atoms with E-state index in [-0.39, 0.29) is 29.2 Å². The molecule has 1 fully saturated rings. The Morgan fingerprint density at radius 2 is 2.08 bits per heavy atom. The van der Waals surface area contributed by atoms with Crippen LogP contribution in [0.4, 0.5) is 5.69 Å².